The smallest absolute Gasteiger partial charge is 0.337 e. The topological polar surface area (TPSA) is 71.1 Å². The first kappa shape index (κ1) is 21.1. The first-order chi connectivity index (χ1) is 15.0. The van der Waals surface area contributed by atoms with E-state index in [1.165, 1.54) is 19.2 Å². The SMILES string of the molecule is COC(=O)c1ccc(N2CCCC2)c(NC(=O)N2CCO[C@H](c3ccc(F)cc3)C2)c1. The van der Waals surface area contributed by atoms with Crippen molar-refractivity contribution in [2.24, 2.45) is 0 Å². The lowest BCUT2D eigenvalue weighted by molar-refractivity contribution is -0.0135. The first-order valence-electron chi connectivity index (χ1n) is 10.5. The van der Waals surface area contributed by atoms with E-state index in [0.717, 1.165) is 37.2 Å². The molecule has 2 saturated heterocycles. The maximum Gasteiger partial charge on any atom is 0.337 e. The van der Waals surface area contributed by atoms with Gasteiger partial charge < -0.3 is 24.6 Å². The van der Waals surface area contributed by atoms with Crippen LogP contribution in [0.5, 0.6) is 0 Å². The molecule has 0 spiro atoms. The fourth-order valence-electron chi connectivity index (χ4n) is 4.02. The van der Waals surface area contributed by atoms with Crippen molar-refractivity contribution in [3.8, 4) is 0 Å². The molecule has 2 aromatic rings. The predicted molar refractivity (Wildman–Crippen MR) is 115 cm³/mol. The van der Waals surface area contributed by atoms with Crippen LogP contribution in [-0.2, 0) is 9.47 Å². The molecule has 0 unspecified atom stereocenters. The van der Waals surface area contributed by atoms with Crippen molar-refractivity contribution >= 4 is 23.4 Å². The number of carbonyl (C=O) groups excluding carboxylic acids is 2. The van der Waals surface area contributed by atoms with Gasteiger partial charge in [0.2, 0.25) is 0 Å². The van der Waals surface area contributed by atoms with Crippen LogP contribution in [0.25, 0.3) is 0 Å². The number of morpholine rings is 1. The van der Waals surface area contributed by atoms with Gasteiger partial charge in [0.1, 0.15) is 11.9 Å². The number of esters is 1. The molecule has 7 nitrogen and oxygen atoms in total. The van der Waals surface area contributed by atoms with E-state index in [-0.39, 0.29) is 18.0 Å². The van der Waals surface area contributed by atoms with E-state index in [9.17, 15) is 14.0 Å². The van der Waals surface area contributed by atoms with Gasteiger partial charge in [-0.15, -0.1) is 0 Å². The lowest BCUT2D eigenvalue weighted by atomic mass is 10.1. The molecule has 2 amide bonds. The third kappa shape index (κ3) is 4.80. The highest BCUT2D eigenvalue weighted by atomic mass is 19.1. The summed E-state index contributed by atoms with van der Waals surface area (Å²) >= 11 is 0. The number of nitrogens with zero attached hydrogens (tertiary/aromatic N) is 2. The number of hydrogen-bond acceptors (Lipinski definition) is 5. The molecule has 164 valence electrons. The van der Waals surface area contributed by atoms with Gasteiger partial charge in [-0.05, 0) is 48.7 Å². The summed E-state index contributed by atoms with van der Waals surface area (Å²) in [6.07, 6.45) is 1.86. The number of benzene rings is 2. The van der Waals surface area contributed by atoms with E-state index < -0.39 is 5.97 Å². The molecule has 2 aliphatic heterocycles. The van der Waals surface area contributed by atoms with E-state index in [0.29, 0.717) is 30.9 Å². The maximum atomic E-state index is 13.2. The summed E-state index contributed by atoms with van der Waals surface area (Å²) in [5.41, 5.74) is 2.68. The second kappa shape index (κ2) is 9.34. The molecule has 0 saturated carbocycles. The lowest BCUT2D eigenvalue weighted by Crippen LogP contribution is -2.44. The molecule has 8 heteroatoms. The number of rotatable bonds is 4. The Morgan fingerprint density at radius 3 is 2.55 bits per heavy atom. The Morgan fingerprint density at radius 2 is 1.84 bits per heavy atom. The second-order valence-electron chi connectivity index (χ2n) is 7.70. The summed E-state index contributed by atoms with van der Waals surface area (Å²) in [5.74, 6) is -0.764. The van der Waals surface area contributed by atoms with Gasteiger partial charge in [0, 0.05) is 19.6 Å². The lowest BCUT2D eigenvalue weighted by Gasteiger charge is -2.33. The molecule has 1 atom stereocenters. The molecular formula is C23H26FN3O4. The zero-order chi connectivity index (χ0) is 21.8. The van der Waals surface area contributed by atoms with Crippen LogP contribution in [0.15, 0.2) is 42.5 Å². The maximum absolute atomic E-state index is 13.2. The standard InChI is InChI=1S/C23H26FN3O4/c1-30-22(28)17-6-9-20(26-10-2-3-11-26)19(14-17)25-23(29)27-12-13-31-21(15-27)16-4-7-18(24)8-5-16/h4-9,14,21H,2-3,10-13,15H2,1H3,(H,25,29)/t21-/m0/s1. The monoisotopic (exact) mass is 427 g/mol. The molecule has 2 aromatic carbocycles. The minimum atomic E-state index is -0.453. The summed E-state index contributed by atoms with van der Waals surface area (Å²) in [4.78, 5) is 29.0. The van der Waals surface area contributed by atoms with Crippen molar-refractivity contribution < 1.29 is 23.5 Å². The molecule has 31 heavy (non-hydrogen) atoms. The van der Waals surface area contributed by atoms with E-state index in [1.807, 2.05) is 6.07 Å². The third-order valence-electron chi connectivity index (χ3n) is 5.70. The van der Waals surface area contributed by atoms with Gasteiger partial charge in [-0.1, -0.05) is 12.1 Å². The highest BCUT2D eigenvalue weighted by Gasteiger charge is 2.27. The third-order valence-corrected chi connectivity index (χ3v) is 5.70. The number of carbonyl (C=O) groups is 2. The quantitative estimate of drug-likeness (QED) is 0.752. The highest BCUT2D eigenvalue weighted by molar-refractivity contribution is 5.97. The number of ether oxygens (including phenoxy) is 2. The molecule has 4 rings (SSSR count). The number of methoxy groups -OCH3 is 1. The molecule has 2 heterocycles. The minimum Gasteiger partial charge on any atom is -0.465 e. The van der Waals surface area contributed by atoms with E-state index >= 15 is 0 Å². The van der Waals surface area contributed by atoms with Crippen LogP contribution >= 0.6 is 0 Å². The van der Waals surface area contributed by atoms with Crippen molar-refractivity contribution in [2.45, 2.75) is 18.9 Å². The van der Waals surface area contributed by atoms with Crippen molar-refractivity contribution in [1.29, 1.82) is 0 Å². The molecular weight excluding hydrogens is 401 g/mol. The van der Waals surface area contributed by atoms with Crippen LogP contribution in [0.2, 0.25) is 0 Å². The van der Waals surface area contributed by atoms with Gasteiger partial charge in [-0.3, -0.25) is 0 Å². The molecule has 2 fully saturated rings. The number of hydrogen-bond donors (Lipinski definition) is 1. The number of nitrogens with one attached hydrogen (secondary N) is 1. The van der Waals surface area contributed by atoms with E-state index in [2.05, 4.69) is 10.2 Å². The molecule has 0 radical (unpaired) electrons. The summed E-state index contributed by atoms with van der Waals surface area (Å²) in [7, 11) is 1.33. The highest BCUT2D eigenvalue weighted by Crippen LogP contribution is 2.31. The van der Waals surface area contributed by atoms with E-state index in [4.69, 9.17) is 9.47 Å². The number of urea groups is 1. The molecule has 0 aromatic heterocycles. The summed E-state index contributed by atoms with van der Waals surface area (Å²) in [5, 5.41) is 2.98. The van der Waals surface area contributed by atoms with Crippen LogP contribution in [0.1, 0.15) is 34.9 Å². The van der Waals surface area contributed by atoms with Crippen LogP contribution in [0.3, 0.4) is 0 Å². The van der Waals surface area contributed by atoms with Gasteiger partial charge in [-0.25, -0.2) is 14.0 Å². The summed E-state index contributed by atoms with van der Waals surface area (Å²) < 4.78 is 23.9. The Balaban J connectivity index is 1.52. The second-order valence-corrected chi connectivity index (χ2v) is 7.70. The van der Waals surface area contributed by atoms with Gasteiger partial charge in [0.15, 0.2) is 0 Å². The van der Waals surface area contributed by atoms with E-state index in [1.54, 1.807) is 29.2 Å². The van der Waals surface area contributed by atoms with Crippen molar-refractivity contribution in [3.63, 3.8) is 0 Å². The van der Waals surface area contributed by atoms with Gasteiger partial charge in [-0.2, -0.15) is 0 Å². The van der Waals surface area contributed by atoms with Gasteiger partial charge in [0.05, 0.1) is 37.2 Å². The molecule has 0 bridgehead atoms. The van der Waals surface area contributed by atoms with Crippen molar-refractivity contribution in [2.75, 3.05) is 50.1 Å². The van der Waals surface area contributed by atoms with Gasteiger partial charge >= 0.3 is 12.0 Å². The predicted octanol–water partition coefficient (Wildman–Crippen LogP) is 3.82. The van der Waals surface area contributed by atoms with Crippen molar-refractivity contribution in [1.82, 2.24) is 4.90 Å². The molecule has 0 aliphatic carbocycles. The number of anilines is 2. The Morgan fingerprint density at radius 1 is 1.10 bits per heavy atom. The number of halogens is 1. The van der Waals surface area contributed by atoms with Crippen molar-refractivity contribution in [3.05, 3.63) is 59.4 Å². The van der Waals surface area contributed by atoms with Crippen LogP contribution in [-0.4, -0.2) is 56.8 Å². The fraction of sp³-hybridized carbons (Fsp3) is 0.391. The normalized spacial score (nSPS) is 18.7. The Bertz CT molecular complexity index is 944. The fourth-order valence-corrected chi connectivity index (χ4v) is 4.02. The average molecular weight is 427 g/mol. The van der Waals surface area contributed by atoms with Crippen LogP contribution in [0, 0.1) is 5.82 Å². The Labute approximate surface area is 180 Å². The Kier molecular flexibility index (Phi) is 6.36. The van der Waals surface area contributed by atoms with Crippen LogP contribution < -0.4 is 10.2 Å². The average Bonchev–Trinajstić information content (AvgIpc) is 3.34. The zero-order valence-corrected chi connectivity index (χ0v) is 17.5. The largest absolute Gasteiger partial charge is 0.465 e. The first-order valence-corrected chi connectivity index (χ1v) is 10.5. The van der Waals surface area contributed by atoms with Gasteiger partial charge in [0.25, 0.3) is 0 Å². The minimum absolute atomic E-state index is 0.266. The summed E-state index contributed by atoms with van der Waals surface area (Å²) in [6.45, 7) is 3.00. The number of amides is 2. The summed E-state index contributed by atoms with van der Waals surface area (Å²) in [6, 6.07) is 11.1. The molecule has 1 N–H and O–H groups in total. The Hall–Kier alpha value is -3.13. The van der Waals surface area contributed by atoms with Crippen LogP contribution in [0.4, 0.5) is 20.6 Å². The zero-order valence-electron chi connectivity index (χ0n) is 17.5. The molecule has 2 aliphatic rings.